The molecule has 0 atom stereocenters. The fourth-order valence-electron chi connectivity index (χ4n) is 11.1. The maximum absolute atomic E-state index is 6.78. The summed E-state index contributed by atoms with van der Waals surface area (Å²) in [6.45, 7) is 4.74. The van der Waals surface area contributed by atoms with Crippen LogP contribution in [-0.2, 0) is 10.8 Å². The summed E-state index contributed by atoms with van der Waals surface area (Å²) in [6.07, 6.45) is 0. The van der Waals surface area contributed by atoms with Gasteiger partial charge >= 0.3 is 0 Å². The van der Waals surface area contributed by atoms with E-state index in [0.717, 1.165) is 44.9 Å². The zero-order valence-corrected chi connectivity index (χ0v) is 36.0. The number of para-hydroxylation sites is 2. The van der Waals surface area contributed by atoms with Crippen molar-refractivity contribution in [3.05, 3.63) is 246 Å². The Morgan fingerprint density at radius 2 is 0.723 bits per heavy atom. The Labute approximate surface area is 378 Å². The molecule has 2 aliphatic carbocycles. The molecular formula is C61H41N3O. The number of hydrogen-bond acceptors (Lipinski definition) is 4. The van der Waals surface area contributed by atoms with E-state index in [0.29, 0.717) is 17.5 Å². The van der Waals surface area contributed by atoms with Gasteiger partial charge in [-0.15, -0.1) is 0 Å². The molecule has 1 aromatic heterocycles. The van der Waals surface area contributed by atoms with Crippen molar-refractivity contribution in [1.29, 1.82) is 0 Å². The van der Waals surface area contributed by atoms with E-state index in [1.807, 2.05) is 24.3 Å². The Morgan fingerprint density at radius 3 is 1.37 bits per heavy atom. The van der Waals surface area contributed by atoms with E-state index in [4.69, 9.17) is 19.7 Å². The minimum absolute atomic E-state index is 0.166. The van der Waals surface area contributed by atoms with Gasteiger partial charge in [-0.3, -0.25) is 0 Å². The van der Waals surface area contributed by atoms with Gasteiger partial charge in [0.1, 0.15) is 11.5 Å². The second-order valence-corrected chi connectivity index (χ2v) is 17.9. The maximum Gasteiger partial charge on any atom is 0.164 e. The molecule has 0 unspecified atom stereocenters. The third kappa shape index (κ3) is 5.53. The number of fused-ring (bicyclic) bond motifs is 12. The van der Waals surface area contributed by atoms with Gasteiger partial charge in [-0.1, -0.05) is 202 Å². The first-order valence-corrected chi connectivity index (χ1v) is 22.3. The van der Waals surface area contributed by atoms with Crippen molar-refractivity contribution in [2.45, 2.75) is 24.7 Å². The average molecular weight is 832 g/mol. The molecule has 0 N–H and O–H groups in total. The summed E-state index contributed by atoms with van der Waals surface area (Å²) in [6, 6.07) is 75.9. The molecular weight excluding hydrogens is 791 g/mol. The normalized spacial score (nSPS) is 14.1. The van der Waals surface area contributed by atoms with Crippen LogP contribution < -0.4 is 4.74 Å². The van der Waals surface area contributed by atoms with E-state index in [9.17, 15) is 0 Å². The number of benzene rings is 9. The minimum Gasteiger partial charge on any atom is -0.457 e. The predicted octanol–water partition coefficient (Wildman–Crippen LogP) is 15.0. The number of rotatable bonds is 5. The van der Waals surface area contributed by atoms with Crippen LogP contribution in [0.4, 0.5) is 0 Å². The van der Waals surface area contributed by atoms with E-state index in [1.165, 1.54) is 61.2 Å². The molecule has 0 bridgehead atoms. The van der Waals surface area contributed by atoms with Gasteiger partial charge < -0.3 is 4.74 Å². The van der Waals surface area contributed by atoms with Crippen molar-refractivity contribution in [3.8, 4) is 90.2 Å². The summed E-state index contributed by atoms with van der Waals surface area (Å²) >= 11 is 0. The summed E-state index contributed by atoms with van der Waals surface area (Å²) in [7, 11) is 0. The molecule has 1 aliphatic heterocycles. The van der Waals surface area contributed by atoms with Gasteiger partial charge in [0, 0.05) is 33.2 Å². The first kappa shape index (κ1) is 37.4. The van der Waals surface area contributed by atoms with Gasteiger partial charge in [0.05, 0.1) is 5.41 Å². The summed E-state index contributed by atoms with van der Waals surface area (Å²) < 4.78 is 6.78. The van der Waals surface area contributed by atoms with Crippen LogP contribution in [0, 0.1) is 0 Å². The molecule has 0 saturated carbocycles. The molecule has 0 amide bonds. The summed E-state index contributed by atoms with van der Waals surface area (Å²) in [5, 5.41) is 0. The highest BCUT2D eigenvalue weighted by atomic mass is 16.5. The molecule has 2 heterocycles. The second-order valence-electron chi connectivity index (χ2n) is 17.9. The number of nitrogens with zero attached hydrogens (tertiary/aromatic N) is 3. The standard InChI is InChI=1S/C61H41N3O/c1-60(2)49-23-10-9-20-45(49)48-22-15-21-44(56(48)60)42-32-34-46-47-35-33-43(37-53(47)61(52(46)36-42)50-24-11-13-26-54(50)65-55-27-14-12-25-51(55)61)59-63-57(40-18-7-4-8-19-40)62-58(64-59)41-30-28-39(29-31-41)38-16-5-3-6-17-38/h3-37H,1-2H3. The Morgan fingerprint density at radius 1 is 0.308 bits per heavy atom. The van der Waals surface area contributed by atoms with Crippen LogP contribution in [0.3, 0.4) is 0 Å². The summed E-state index contributed by atoms with van der Waals surface area (Å²) in [5.74, 6) is 3.57. The third-order valence-corrected chi connectivity index (χ3v) is 14.0. The van der Waals surface area contributed by atoms with Crippen molar-refractivity contribution in [2.24, 2.45) is 0 Å². The molecule has 4 nitrogen and oxygen atoms in total. The predicted molar refractivity (Wildman–Crippen MR) is 262 cm³/mol. The maximum atomic E-state index is 6.78. The lowest BCUT2D eigenvalue weighted by molar-refractivity contribution is 0.436. The molecule has 3 aliphatic rings. The van der Waals surface area contributed by atoms with Crippen molar-refractivity contribution in [2.75, 3.05) is 0 Å². The second kappa shape index (κ2) is 14.2. The molecule has 9 aromatic carbocycles. The van der Waals surface area contributed by atoms with Crippen molar-refractivity contribution in [3.63, 3.8) is 0 Å². The van der Waals surface area contributed by atoms with Crippen LogP contribution in [0.1, 0.15) is 47.2 Å². The van der Waals surface area contributed by atoms with E-state index >= 15 is 0 Å². The number of ether oxygens (including phenoxy) is 1. The van der Waals surface area contributed by atoms with E-state index in [-0.39, 0.29) is 5.41 Å². The molecule has 0 saturated heterocycles. The van der Waals surface area contributed by atoms with Gasteiger partial charge in [-0.25, -0.2) is 15.0 Å². The summed E-state index contributed by atoms with van der Waals surface area (Å²) in [5.41, 5.74) is 19.0. The fraction of sp³-hybridized carbons (Fsp3) is 0.0656. The molecule has 1 spiro atoms. The van der Waals surface area contributed by atoms with Crippen molar-refractivity contribution >= 4 is 0 Å². The minimum atomic E-state index is -0.704. The molecule has 306 valence electrons. The van der Waals surface area contributed by atoms with Gasteiger partial charge in [0.25, 0.3) is 0 Å². The van der Waals surface area contributed by atoms with Gasteiger partial charge in [0.15, 0.2) is 17.5 Å². The van der Waals surface area contributed by atoms with Crippen LogP contribution in [-0.4, -0.2) is 15.0 Å². The van der Waals surface area contributed by atoms with Crippen LogP contribution in [0.15, 0.2) is 212 Å². The quantitative estimate of drug-likeness (QED) is 0.173. The molecule has 4 heteroatoms. The molecule has 10 aromatic rings. The van der Waals surface area contributed by atoms with E-state index in [2.05, 4.69) is 202 Å². The molecule has 65 heavy (non-hydrogen) atoms. The monoisotopic (exact) mass is 831 g/mol. The van der Waals surface area contributed by atoms with Gasteiger partial charge in [0.2, 0.25) is 0 Å². The van der Waals surface area contributed by atoms with Crippen LogP contribution >= 0.6 is 0 Å². The van der Waals surface area contributed by atoms with Crippen molar-refractivity contribution in [1.82, 2.24) is 15.0 Å². The topological polar surface area (TPSA) is 47.9 Å². The molecule has 13 rings (SSSR count). The Balaban J connectivity index is 1.03. The Bertz CT molecular complexity index is 3490. The van der Waals surface area contributed by atoms with Gasteiger partial charge in [-0.05, 0) is 91.0 Å². The lowest BCUT2D eigenvalue weighted by Crippen LogP contribution is -2.32. The molecule has 0 fully saturated rings. The first-order chi connectivity index (χ1) is 32.0. The highest BCUT2D eigenvalue weighted by molar-refractivity contribution is 5.94. The smallest absolute Gasteiger partial charge is 0.164 e. The third-order valence-electron chi connectivity index (χ3n) is 14.0. The first-order valence-electron chi connectivity index (χ1n) is 22.3. The van der Waals surface area contributed by atoms with Crippen molar-refractivity contribution < 1.29 is 4.74 Å². The lowest BCUT2D eigenvalue weighted by Gasteiger charge is -2.39. The zero-order valence-electron chi connectivity index (χ0n) is 36.0. The Kier molecular flexibility index (Phi) is 8.13. The van der Waals surface area contributed by atoms with Crippen LogP contribution in [0.5, 0.6) is 11.5 Å². The average Bonchev–Trinajstić information content (AvgIpc) is 3.79. The Hall–Kier alpha value is -8.21. The molecule has 0 radical (unpaired) electrons. The number of hydrogen-bond donors (Lipinski definition) is 0. The lowest BCUT2D eigenvalue weighted by atomic mass is 9.65. The van der Waals surface area contributed by atoms with Gasteiger partial charge in [-0.2, -0.15) is 0 Å². The van der Waals surface area contributed by atoms with E-state index < -0.39 is 5.41 Å². The largest absolute Gasteiger partial charge is 0.457 e. The van der Waals surface area contributed by atoms with Crippen LogP contribution in [0.25, 0.3) is 78.7 Å². The van der Waals surface area contributed by atoms with Crippen LogP contribution in [0.2, 0.25) is 0 Å². The highest BCUT2D eigenvalue weighted by Crippen LogP contribution is 2.63. The summed E-state index contributed by atoms with van der Waals surface area (Å²) in [4.78, 5) is 15.6. The highest BCUT2D eigenvalue weighted by Gasteiger charge is 2.51. The number of aromatic nitrogens is 3. The fourth-order valence-corrected chi connectivity index (χ4v) is 11.1. The SMILES string of the molecule is CC1(C)c2ccccc2-c2cccc(-c3ccc4c(c3)C3(c5ccccc5Oc5ccccc53)c3cc(-c5nc(-c6ccccc6)nc(-c6ccc(-c7ccccc7)cc6)n5)ccc3-4)c21. The zero-order chi connectivity index (χ0) is 43.3. The van der Waals surface area contributed by atoms with E-state index in [1.54, 1.807) is 0 Å².